The highest BCUT2D eigenvalue weighted by Crippen LogP contribution is 2.26. The first-order valence-electron chi connectivity index (χ1n) is 6.28. The maximum absolute atomic E-state index is 12.1. The summed E-state index contributed by atoms with van der Waals surface area (Å²) in [5.74, 6) is 0.642. The number of amides is 1. The van der Waals surface area contributed by atoms with Crippen molar-refractivity contribution in [3.63, 3.8) is 0 Å². The number of ether oxygens (including phenoxy) is 1. The molecule has 0 aromatic heterocycles. The van der Waals surface area contributed by atoms with Gasteiger partial charge < -0.3 is 15.8 Å². The average molecular weight is 250 g/mol. The third kappa shape index (κ3) is 3.74. The standard InChI is InChI=1S/C14H22N2O2/c1-4-11(7-8-15)14(17)16-12-9-10(2)5-6-13(12)18-3/h5-6,9,11H,4,7-8,15H2,1-3H3,(H,16,17). The Morgan fingerprint density at radius 3 is 2.78 bits per heavy atom. The van der Waals surface area contributed by atoms with E-state index in [1.54, 1.807) is 7.11 Å². The molecule has 1 atom stereocenters. The van der Waals surface area contributed by atoms with Crippen molar-refractivity contribution in [3.05, 3.63) is 23.8 Å². The maximum atomic E-state index is 12.1. The second-order valence-corrected chi connectivity index (χ2v) is 4.38. The number of hydrogen-bond acceptors (Lipinski definition) is 3. The second kappa shape index (κ2) is 7.01. The van der Waals surface area contributed by atoms with E-state index in [-0.39, 0.29) is 11.8 Å². The summed E-state index contributed by atoms with van der Waals surface area (Å²) in [5, 5.41) is 2.92. The highest BCUT2D eigenvalue weighted by atomic mass is 16.5. The van der Waals surface area contributed by atoms with E-state index in [2.05, 4.69) is 5.32 Å². The van der Waals surface area contributed by atoms with Crippen molar-refractivity contribution in [1.29, 1.82) is 0 Å². The zero-order chi connectivity index (χ0) is 13.5. The van der Waals surface area contributed by atoms with Crippen molar-refractivity contribution >= 4 is 11.6 Å². The summed E-state index contributed by atoms with van der Waals surface area (Å²) in [5.41, 5.74) is 7.31. The molecule has 1 unspecified atom stereocenters. The predicted octanol–water partition coefficient (Wildman–Crippen LogP) is 2.32. The fourth-order valence-electron chi connectivity index (χ4n) is 1.88. The number of methoxy groups -OCH3 is 1. The molecule has 0 saturated carbocycles. The van der Waals surface area contributed by atoms with Crippen LogP contribution in [0.4, 0.5) is 5.69 Å². The molecule has 0 spiro atoms. The summed E-state index contributed by atoms with van der Waals surface area (Å²) in [6.07, 6.45) is 1.49. The number of anilines is 1. The van der Waals surface area contributed by atoms with Crippen LogP contribution in [0.3, 0.4) is 0 Å². The molecule has 0 bridgehead atoms. The van der Waals surface area contributed by atoms with Gasteiger partial charge in [-0.15, -0.1) is 0 Å². The van der Waals surface area contributed by atoms with Crippen molar-refractivity contribution in [2.24, 2.45) is 11.7 Å². The van der Waals surface area contributed by atoms with Crippen molar-refractivity contribution in [2.75, 3.05) is 19.0 Å². The third-order valence-electron chi connectivity index (χ3n) is 2.99. The first kappa shape index (κ1) is 14.5. The monoisotopic (exact) mass is 250 g/mol. The van der Waals surface area contributed by atoms with E-state index >= 15 is 0 Å². The Hall–Kier alpha value is -1.55. The van der Waals surface area contributed by atoms with Crippen LogP contribution in [0, 0.1) is 12.8 Å². The fourth-order valence-corrected chi connectivity index (χ4v) is 1.88. The molecule has 1 aromatic carbocycles. The SMILES string of the molecule is CCC(CCN)C(=O)Nc1cc(C)ccc1OC. The Balaban J connectivity index is 2.82. The summed E-state index contributed by atoms with van der Waals surface area (Å²) in [4.78, 5) is 12.1. The van der Waals surface area contributed by atoms with Gasteiger partial charge in [-0.3, -0.25) is 4.79 Å². The van der Waals surface area contributed by atoms with Gasteiger partial charge in [-0.2, -0.15) is 0 Å². The molecule has 1 rings (SSSR count). The van der Waals surface area contributed by atoms with Crippen LogP contribution < -0.4 is 15.8 Å². The maximum Gasteiger partial charge on any atom is 0.227 e. The molecule has 0 aliphatic rings. The number of nitrogens with one attached hydrogen (secondary N) is 1. The molecular weight excluding hydrogens is 228 g/mol. The number of rotatable bonds is 6. The van der Waals surface area contributed by atoms with Crippen LogP contribution in [0.2, 0.25) is 0 Å². The van der Waals surface area contributed by atoms with Gasteiger partial charge in [0.2, 0.25) is 5.91 Å². The number of hydrogen-bond donors (Lipinski definition) is 2. The van der Waals surface area contributed by atoms with Gasteiger partial charge >= 0.3 is 0 Å². The summed E-state index contributed by atoms with van der Waals surface area (Å²) in [6, 6.07) is 5.71. The summed E-state index contributed by atoms with van der Waals surface area (Å²) >= 11 is 0. The minimum Gasteiger partial charge on any atom is -0.495 e. The Morgan fingerprint density at radius 1 is 1.50 bits per heavy atom. The molecule has 18 heavy (non-hydrogen) atoms. The predicted molar refractivity (Wildman–Crippen MR) is 73.8 cm³/mol. The molecule has 0 radical (unpaired) electrons. The Morgan fingerprint density at radius 2 is 2.22 bits per heavy atom. The molecule has 1 aromatic rings. The molecule has 4 nitrogen and oxygen atoms in total. The van der Waals surface area contributed by atoms with Crippen molar-refractivity contribution in [1.82, 2.24) is 0 Å². The van der Waals surface area contributed by atoms with E-state index in [1.807, 2.05) is 32.0 Å². The van der Waals surface area contributed by atoms with E-state index in [0.29, 0.717) is 18.7 Å². The normalized spacial score (nSPS) is 12.0. The molecule has 1 amide bonds. The minimum atomic E-state index is -0.0415. The van der Waals surface area contributed by atoms with E-state index in [1.165, 1.54) is 0 Å². The van der Waals surface area contributed by atoms with Crippen LogP contribution in [0.5, 0.6) is 5.75 Å². The topological polar surface area (TPSA) is 64.4 Å². The van der Waals surface area contributed by atoms with E-state index < -0.39 is 0 Å². The minimum absolute atomic E-state index is 0.00634. The molecule has 100 valence electrons. The Bertz CT molecular complexity index is 405. The quantitative estimate of drug-likeness (QED) is 0.814. The van der Waals surface area contributed by atoms with Crippen LogP contribution in [-0.4, -0.2) is 19.6 Å². The lowest BCUT2D eigenvalue weighted by atomic mass is 10.0. The lowest BCUT2D eigenvalue weighted by molar-refractivity contribution is -0.120. The first-order chi connectivity index (χ1) is 8.62. The Kier molecular flexibility index (Phi) is 5.65. The number of aryl methyl sites for hydroxylation is 1. The molecule has 0 heterocycles. The highest BCUT2D eigenvalue weighted by molar-refractivity contribution is 5.94. The van der Waals surface area contributed by atoms with Gasteiger partial charge in [0.1, 0.15) is 5.75 Å². The van der Waals surface area contributed by atoms with Gasteiger partial charge in [0.05, 0.1) is 12.8 Å². The lowest BCUT2D eigenvalue weighted by Crippen LogP contribution is -2.24. The van der Waals surface area contributed by atoms with Crippen LogP contribution in [0.1, 0.15) is 25.3 Å². The van der Waals surface area contributed by atoms with Crippen LogP contribution >= 0.6 is 0 Å². The number of benzene rings is 1. The Labute approximate surface area is 109 Å². The summed E-state index contributed by atoms with van der Waals surface area (Å²) in [7, 11) is 1.59. The highest BCUT2D eigenvalue weighted by Gasteiger charge is 2.17. The van der Waals surface area contributed by atoms with E-state index in [9.17, 15) is 4.79 Å². The van der Waals surface area contributed by atoms with E-state index in [4.69, 9.17) is 10.5 Å². The van der Waals surface area contributed by atoms with Crippen molar-refractivity contribution in [2.45, 2.75) is 26.7 Å². The molecular formula is C14H22N2O2. The number of nitrogens with two attached hydrogens (primary N) is 1. The van der Waals surface area contributed by atoms with E-state index in [0.717, 1.165) is 17.7 Å². The van der Waals surface area contributed by atoms with Gasteiger partial charge in [0, 0.05) is 5.92 Å². The second-order valence-electron chi connectivity index (χ2n) is 4.38. The fraction of sp³-hybridized carbons (Fsp3) is 0.500. The van der Waals surface area contributed by atoms with Crippen molar-refractivity contribution < 1.29 is 9.53 Å². The molecule has 0 aliphatic carbocycles. The number of carbonyl (C=O) groups is 1. The molecule has 0 fully saturated rings. The van der Waals surface area contributed by atoms with Gasteiger partial charge in [0.15, 0.2) is 0 Å². The van der Waals surface area contributed by atoms with Gasteiger partial charge in [0.25, 0.3) is 0 Å². The largest absolute Gasteiger partial charge is 0.495 e. The smallest absolute Gasteiger partial charge is 0.227 e. The molecule has 3 N–H and O–H groups in total. The lowest BCUT2D eigenvalue weighted by Gasteiger charge is -2.16. The summed E-state index contributed by atoms with van der Waals surface area (Å²) < 4.78 is 5.24. The first-order valence-corrected chi connectivity index (χ1v) is 6.28. The molecule has 4 heteroatoms. The molecule has 0 aliphatic heterocycles. The third-order valence-corrected chi connectivity index (χ3v) is 2.99. The summed E-state index contributed by atoms with van der Waals surface area (Å²) in [6.45, 7) is 4.50. The average Bonchev–Trinajstić information content (AvgIpc) is 2.36. The van der Waals surface area contributed by atoms with Gasteiger partial charge in [-0.05, 0) is 44.0 Å². The zero-order valence-corrected chi connectivity index (χ0v) is 11.3. The van der Waals surface area contributed by atoms with Crippen LogP contribution in [-0.2, 0) is 4.79 Å². The van der Waals surface area contributed by atoms with Crippen molar-refractivity contribution in [3.8, 4) is 5.75 Å². The van der Waals surface area contributed by atoms with Crippen LogP contribution in [0.25, 0.3) is 0 Å². The number of carbonyl (C=O) groups excluding carboxylic acids is 1. The van der Waals surface area contributed by atoms with Gasteiger partial charge in [-0.1, -0.05) is 13.0 Å². The van der Waals surface area contributed by atoms with Crippen LogP contribution in [0.15, 0.2) is 18.2 Å². The van der Waals surface area contributed by atoms with Gasteiger partial charge in [-0.25, -0.2) is 0 Å². The zero-order valence-electron chi connectivity index (χ0n) is 11.3. The molecule has 0 saturated heterocycles.